The molecular weight excluding hydrogens is 240 g/mol. The first-order valence-corrected chi connectivity index (χ1v) is 5.62. The first kappa shape index (κ1) is 16.4. The van der Waals surface area contributed by atoms with E-state index >= 15 is 0 Å². The molecule has 0 spiro atoms. The maximum Gasteiger partial charge on any atom is 0.323 e. The van der Waals surface area contributed by atoms with Crippen molar-refractivity contribution in [2.75, 3.05) is 27.3 Å². The minimum atomic E-state index is -0.959. The number of ether oxygens (including phenoxy) is 1. The largest absolute Gasteiger partial charge is 0.481 e. The van der Waals surface area contributed by atoms with Gasteiger partial charge in [0.05, 0.1) is 6.61 Å². The van der Waals surface area contributed by atoms with Crippen LogP contribution in [0.25, 0.3) is 0 Å². The third kappa shape index (κ3) is 7.61. The Morgan fingerprint density at radius 3 is 2.44 bits per heavy atom. The highest BCUT2D eigenvalue weighted by Crippen LogP contribution is 2.06. The van der Waals surface area contributed by atoms with Gasteiger partial charge in [0, 0.05) is 33.5 Å². The SMILES string of the molecule is COCCN(C)C(=O)NC(=O)CC(C)CC(=O)O. The van der Waals surface area contributed by atoms with Gasteiger partial charge >= 0.3 is 12.0 Å². The van der Waals surface area contributed by atoms with Crippen LogP contribution >= 0.6 is 0 Å². The summed E-state index contributed by atoms with van der Waals surface area (Å²) in [5.41, 5.74) is 0. The Balaban J connectivity index is 4.00. The van der Waals surface area contributed by atoms with Gasteiger partial charge in [-0.25, -0.2) is 4.79 Å². The summed E-state index contributed by atoms with van der Waals surface area (Å²) in [5, 5.41) is 10.7. The number of hydrogen-bond donors (Lipinski definition) is 2. The highest BCUT2D eigenvalue weighted by Gasteiger charge is 2.16. The van der Waals surface area contributed by atoms with E-state index in [9.17, 15) is 14.4 Å². The van der Waals surface area contributed by atoms with E-state index in [1.165, 1.54) is 12.0 Å². The fraction of sp³-hybridized carbons (Fsp3) is 0.727. The predicted molar refractivity (Wildman–Crippen MR) is 64.1 cm³/mol. The van der Waals surface area contributed by atoms with Crippen molar-refractivity contribution in [1.29, 1.82) is 0 Å². The molecule has 7 nitrogen and oxygen atoms in total. The molecule has 7 heteroatoms. The zero-order chi connectivity index (χ0) is 14.1. The first-order valence-electron chi connectivity index (χ1n) is 5.62. The number of amides is 3. The normalized spacial score (nSPS) is 11.7. The van der Waals surface area contributed by atoms with Crippen LogP contribution < -0.4 is 5.32 Å². The summed E-state index contributed by atoms with van der Waals surface area (Å²) in [6.07, 6.45) is -0.0860. The Bertz CT molecular complexity index is 306. The molecule has 0 aromatic rings. The molecule has 0 aliphatic carbocycles. The predicted octanol–water partition coefficient (Wildman–Crippen LogP) is 0.302. The van der Waals surface area contributed by atoms with Crippen LogP contribution in [0.3, 0.4) is 0 Å². The number of nitrogens with zero attached hydrogens (tertiary/aromatic N) is 1. The summed E-state index contributed by atoms with van der Waals surface area (Å²) in [7, 11) is 3.06. The Labute approximate surface area is 106 Å². The molecule has 0 aliphatic heterocycles. The Kier molecular flexibility index (Phi) is 7.69. The van der Waals surface area contributed by atoms with Crippen LogP contribution in [0.2, 0.25) is 0 Å². The molecule has 0 fully saturated rings. The van der Waals surface area contributed by atoms with Crippen molar-refractivity contribution in [3.8, 4) is 0 Å². The van der Waals surface area contributed by atoms with Crippen molar-refractivity contribution in [3.63, 3.8) is 0 Å². The number of carbonyl (C=O) groups excluding carboxylic acids is 2. The van der Waals surface area contributed by atoms with E-state index in [1.807, 2.05) is 0 Å². The van der Waals surface area contributed by atoms with E-state index in [4.69, 9.17) is 9.84 Å². The number of hydrogen-bond acceptors (Lipinski definition) is 4. The van der Waals surface area contributed by atoms with E-state index in [0.29, 0.717) is 13.2 Å². The van der Waals surface area contributed by atoms with E-state index in [2.05, 4.69) is 5.32 Å². The number of imide groups is 1. The van der Waals surface area contributed by atoms with Gasteiger partial charge in [-0.05, 0) is 5.92 Å². The molecule has 0 radical (unpaired) electrons. The molecule has 1 unspecified atom stereocenters. The van der Waals surface area contributed by atoms with Crippen LogP contribution in [0.4, 0.5) is 4.79 Å². The molecule has 0 saturated heterocycles. The number of urea groups is 1. The number of carboxylic acids is 1. The molecule has 3 amide bonds. The van der Waals surface area contributed by atoms with Crippen molar-refractivity contribution in [2.24, 2.45) is 5.92 Å². The van der Waals surface area contributed by atoms with E-state index in [-0.39, 0.29) is 18.8 Å². The lowest BCUT2D eigenvalue weighted by atomic mass is 10.0. The van der Waals surface area contributed by atoms with Crippen LogP contribution in [0.15, 0.2) is 0 Å². The molecular formula is C11H20N2O5. The zero-order valence-electron chi connectivity index (χ0n) is 10.9. The lowest BCUT2D eigenvalue weighted by molar-refractivity contribution is -0.138. The lowest BCUT2D eigenvalue weighted by Gasteiger charge is -2.17. The topological polar surface area (TPSA) is 95.9 Å². The maximum atomic E-state index is 11.5. The summed E-state index contributed by atoms with van der Waals surface area (Å²) >= 11 is 0. The minimum Gasteiger partial charge on any atom is -0.481 e. The summed E-state index contributed by atoms with van der Waals surface area (Å²) in [5.74, 6) is -1.74. The summed E-state index contributed by atoms with van der Waals surface area (Å²) < 4.78 is 4.80. The third-order valence-electron chi connectivity index (χ3n) is 2.28. The summed E-state index contributed by atoms with van der Waals surface area (Å²) in [6, 6.07) is -0.514. The van der Waals surface area contributed by atoms with Gasteiger partial charge in [-0.2, -0.15) is 0 Å². The van der Waals surface area contributed by atoms with E-state index in [1.54, 1.807) is 14.0 Å². The molecule has 104 valence electrons. The molecule has 0 saturated carbocycles. The molecule has 1 atom stereocenters. The van der Waals surface area contributed by atoms with Gasteiger partial charge in [0.25, 0.3) is 0 Å². The number of aliphatic carboxylic acids is 1. The average Bonchev–Trinajstić information content (AvgIpc) is 2.23. The number of methoxy groups -OCH3 is 1. The van der Waals surface area contributed by atoms with Gasteiger partial charge in [-0.15, -0.1) is 0 Å². The van der Waals surface area contributed by atoms with Gasteiger partial charge in [-0.1, -0.05) is 6.92 Å². The monoisotopic (exact) mass is 260 g/mol. The fourth-order valence-electron chi connectivity index (χ4n) is 1.28. The number of nitrogens with one attached hydrogen (secondary N) is 1. The van der Waals surface area contributed by atoms with E-state index in [0.717, 1.165) is 0 Å². The number of carboxylic acid groups (broad SMARTS) is 1. The summed E-state index contributed by atoms with van der Waals surface area (Å²) in [6.45, 7) is 2.40. The second-order valence-electron chi connectivity index (χ2n) is 4.17. The highest BCUT2D eigenvalue weighted by atomic mass is 16.5. The van der Waals surface area contributed by atoms with Crippen LogP contribution in [-0.2, 0) is 14.3 Å². The molecule has 0 bridgehead atoms. The van der Waals surface area contributed by atoms with Crippen molar-refractivity contribution < 1.29 is 24.2 Å². The van der Waals surface area contributed by atoms with Gasteiger partial charge in [0.15, 0.2) is 0 Å². The number of likely N-dealkylation sites (N-methyl/N-ethyl adjacent to an activating group) is 1. The van der Waals surface area contributed by atoms with Gasteiger partial charge in [0.1, 0.15) is 0 Å². The first-order chi connectivity index (χ1) is 8.36. The third-order valence-corrected chi connectivity index (χ3v) is 2.28. The maximum absolute atomic E-state index is 11.5. The van der Waals surface area contributed by atoms with E-state index < -0.39 is 17.9 Å². The average molecular weight is 260 g/mol. The molecule has 0 aliphatic rings. The number of rotatable bonds is 7. The molecule has 0 heterocycles. The van der Waals surface area contributed by atoms with Crippen LogP contribution in [0.5, 0.6) is 0 Å². The zero-order valence-corrected chi connectivity index (χ0v) is 10.9. The number of carbonyl (C=O) groups is 3. The highest BCUT2D eigenvalue weighted by molar-refractivity contribution is 5.94. The lowest BCUT2D eigenvalue weighted by Crippen LogP contribution is -2.42. The second-order valence-corrected chi connectivity index (χ2v) is 4.17. The Morgan fingerprint density at radius 2 is 1.94 bits per heavy atom. The van der Waals surface area contributed by atoms with Crippen molar-refractivity contribution in [3.05, 3.63) is 0 Å². The van der Waals surface area contributed by atoms with Gasteiger partial charge in [-0.3, -0.25) is 14.9 Å². The quantitative estimate of drug-likeness (QED) is 0.686. The molecule has 0 aromatic heterocycles. The molecule has 2 N–H and O–H groups in total. The molecule has 0 aromatic carbocycles. The van der Waals surface area contributed by atoms with Crippen molar-refractivity contribution in [1.82, 2.24) is 10.2 Å². The van der Waals surface area contributed by atoms with Crippen LogP contribution in [0, 0.1) is 5.92 Å². The van der Waals surface area contributed by atoms with Gasteiger partial charge in [0.2, 0.25) is 5.91 Å². The van der Waals surface area contributed by atoms with Crippen molar-refractivity contribution >= 4 is 17.9 Å². The molecule has 0 rings (SSSR count). The fourth-order valence-corrected chi connectivity index (χ4v) is 1.28. The van der Waals surface area contributed by atoms with Gasteiger partial charge < -0.3 is 14.7 Å². The smallest absolute Gasteiger partial charge is 0.323 e. The second kappa shape index (κ2) is 8.46. The van der Waals surface area contributed by atoms with Crippen LogP contribution in [-0.4, -0.2) is 55.2 Å². The minimum absolute atomic E-state index is 0.0101. The van der Waals surface area contributed by atoms with Crippen molar-refractivity contribution in [2.45, 2.75) is 19.8 Å². The Hall–Kier alpha value is -1.63. The standard InChI is InChI=1S/C11H20N2O5/c1-8(7-10(15)16)6-9(14)12-11(17)13(2)4-5-18-3/h8H,4-7H2,1-3H3,(H,15,16)(H,12,14,17). The summed E-state index contributed by atoms with van der Waals surface area (Å²) in [4.78, 5) is 34.7. The molecule has 18 heavy (non-hydrogen) atoms. The Morgan fingerprint density at radius 1 is 1.33 bits per heavy atom. The van der Waals surface area contributed by atoms with Crippen LogP contribution in [0.1, 0.15) is 19.8 Å².